The number of nitrogens with two attached hydrogens (primary N) is 1. The number of hydrogen-bond donors (Lipinski definition) is 1. The smallest absolute Gasteiger partial charge is 0.125 e. The molecule has 1 fully saturated rings. The summed E-state index contributed by atoms with van der Waals surface area (Å²) in [5.74, 6) is 0.837. The second-order valence-corrected chi connectivity index (χ2v) is 5.11. The van der Waals surface area contributed by atoms with Crippen LogP contribution in [-0.2, 0) is 0 Å². The lowest BCUT2D eigenvalue weighted by Crippen LogP contribution is -2.37. The van der Waals surface area contributed by atoms with Crippen molar-refractivity contribution in [3.05, 3.63) is 28.8 Å². The molecule has 0 amide bonds. The molecule has 0 spiro atoms. The van der Waals surface area contributed by atoms with Crippen LogP contribution < -0.4 is 10.5 Å². The van der Waals surface area contributed by atoms with E-state index in [1.54, 1.807) is 7.11 Å². The molecule has 0 aromatic heterocycles. The Morgan fingerprint density at radius 1 is 1.33 bits per heavy atom. The molecule has 0 radical (unpaired) electrons. The molecule has 1 aromatic carbocycles. The van der Waals surface area contributed by atoms with Crippen molar-refractivity contribution in [2.24, 2.45) is 5.73 Å². The summed E-state index contributed by atoms with van der Waals surface area (Å²) in [6.45, 7) is 2.76. The number of likely N-dealkylation sites (tertiary alicyclic amines) is 1. The minimum absolute atomic E-state index is 0.161. The van der Waals surface area contributed by atoms with Gasteiger partial charge >= 0.3 is 0 Å². The maximum absolute atomic E-state index is 6.34. The van der Waals surface area contributed by atoms with Crippen LogP contribution in [0.15, 0.2) is 18.2 Å². The zero-order chi connectivity index (χ0) is 13.0. The highest BCUT2D eigenvalue weighted by atomic mass is 35.5. The molecule has 2 N–H and O–H groups in total. The number of piperidine rings is 1. The Hall–Kier alpha value is -0.770. The lowest BCUT2D eigenvalue weighted by Gasteiger charge is -2.35. The van der Waals surface area contributed by atoms with Crippen LogP contribution in [0.5, 0.6) is 5.75 Å². The summed E-state index contributed by atoms with van der Waals surface area (Å²) in [5, 5.41) is 0.746. The van der Waals surface area contributed by atoms with E-state index in [9.17, 15) is 0 Å². The van der Waals surface area contributed by atoms with Crippen LogP contribution >= 0.6 is 11.6 Å². The molecule has 18 heavy (non-hydrogen) atoms. The molecule has 1 aliphatic rings. The highest BCUT2D eigenvalue weighted by Crippen LogP contribution is 2.35. The van der Waals surface area contributed by atoms with E-state index in [2.05, 4.69) is 4.90 Å². The lowest BCUT2D eigenvalue weighted by atomic mass is 10.0. The lowest BCUT2D eigenvalue weighted by molar-refractivity contribution is 0.165. The number of methoxy groups -OCH3 is 1. The van der Waals surface area contributed by atoms with Crippen LogP contribution in [0.2, 0.25) is 5.02 Å². The van der Waals surface area contributed by atoms with Gasteiger partial charge in [0, 0.05) is 17.1 Å². The molecule has 1 aromatic rings. The van der Waals surface area contributed by atoms with Crippen molar-refractivity contribution in [3.8, 4) is 5.75 Å². The molecule has 0 aliphatic carbocycles. The largest absolute Gasteiger partial charge is 0.496 e. The van der Waals surface area contributed by atoms with Crippen molar-refractivity contribution in [1.82, 2.24) is 4.90 Å². The molecule has 2 rings (SSSR count). The van der Waals surface area contributed by atoms with Gasteiger partial charge in [0.25, 0.3) is 0 Å². The number of rotatable bonds is 4. The third-order valence-corrected chi connectivity index (χ3v) is 3.95. The maximum Gasteiger partial charge on any atom is 0.125 e. The quantitative estimate of drug-likeness (QED) is 0.913. The Labute approximate surface area is 114 Å². The van der Waals surface area contributed by atoms with E-state index >= 15 is 0 Å². The Morgan fingerprint density at radius 2 is 2.06 bits per heavy atom. The third-order valence-electron chi connectivity index (χ3n) is 3.62. The summed E-state index contributed by atoms with van der Waals surface area (Å²) in [6, 6.07) is 5.93. The molecule has 100 valence electrons. The van der Waals surface area contributed by atoms with Gasteiger partial charge in [0.05, 0.1) is 13.2 Å². The molecule has 3 nitrogen and oxygen atoms in total. The third kappa shape index (κ3) is 2.79. The van der Waals surface area contributed by atoms with Crippen LogP contribution in [-0.4, -0.2) is 31.6 Å². The molecule has 0 bridgehead atoms. The standard InChI is InChI=1S/C14H21ClN2O/c1-18-13-7-5-6-11(15)14(13)12(10-16)17-8-3-2-4-9-17/h5-7,12H,2-4,8-10,16H2,1H3. The molecule has 1 atom stereocenters. The molecular formula is C14H21ClN2O. The van der Waals surface area contributed by atoms with Gasteiger partial charge < -0.3 is 10.5 Å². The van der Waals surface area contributed by atoms with Crippen molar-refractivity contribution in [3.63, 3.8) is 0 Å². The summed E-state index contributed by atoms with van der Waals surface area (Å²) >= 11 is 6.34. The monoisotopic (exact) mass is 268 g/mol. The van der Waals surface area contributed by atoms with Gasteiger partial charge in [-0.3, -0.25) is 4.90 Å². The van der Waals surface area contributed by atoms with Gasteiger partial charge in [-0.05, 0) is 38.1 Å². The van der Waals surface area contributed by atoms with E-state index < -0.39 is 0 Å². The Bertz CT molecular complexity index is 391. The predicted octanol–water partition coefficient (Wildman–Crippen LogP) is 2.83. The zero-order valence-electron chi connectivity index (χ0n) is 10.9. The van der Waals surface area contributed by atoms with E-state index in [4.69, 9.17) is 22.1 Å². The van der Waals surface area contributed by atoms with Crippen molar-refractivity contribution in [2.75, 3.05) is 26.7 Å². The van der Waals surface area contributed by atoms with Gasteiger partial charge in [0.15, 0.2) is 0 Å². The minimum atomic E-state index is 0.161. The van der Waals surface area contributed by atoms with Crippen LogP contribution in [0, 0.1) is 0 Å². The normalized spacial score (nSPS) is 18.6. The van der Waals surface area contributed by atoms with E-state index in [1.165, 1.54) is 19.3 Å². The van der Waals surface area contributed by atoms with Gasteiger partial charge in [0.1, 0.15) is 5.75 Å². The first-order valence-corrected chi connectivity index (χ1v) is 6.92. The topological polar surface area (TPSA) is 38.5 Å². The predicted molar refractivity (Wildman–Crippen MR) is 75.2 cm³/mol. The van der Waals surface area contributed by atoms with E-state index in [1.807, 2.05) is 18.2 Å². The molecular weight excluding hydrogens is 248 g/mol. The van der Waals surface area contributed by atoms with Crippen LogP contribution in [0.3, 0.4) is 0 Å². The molecule has 4 heteroatoms. The van der Waals surface area contributed by atoms with Gasteiger partial charge in [-0.2, -0.15) is 0 Å². The van der Waals surface area contributed by atoms with Crippen molar-refractivity contribution < 1.29 is 4.74 Å². The summed E-state index contributed by atoms with van der Waals surface area (Å²) in [5.41, 5.74) is 7.01. The minimum Gasteiger partial charge on any atom is -0.496 e. The summed E-state index contributed by atoms with van der Waals surface area (Å²) < 4.78 is 5.43. The fourth-order valence-corrected chi connectivity index (χ4v) is 2.99. The summed E-state index contributed by atoms with van der Waals surface area (Å²) in [4.78, 5) is 2.42. The fourth-order valence-electron chi connectivity index (χ4n) is 2.70. The first kappa shape index (κ1) is 13.7. The van der Waals surface area contributed by atoms with Crippen molar-refractivity contribution in [1.29, 1.82) is 0 Å². The molecule has 1 unspecified atom stereocenters. The SMILES string of the molecule is COc1cccc(Cl)c1C(CN)N1CCCCC1. The second-order valence-electron chi connectivity index (χ2n) is 4.70. The highest BCUT2D eigenvalue weighted by molar-refractivity contribution is 6.31. The van der Waals surface area contributed by atoms with Gasteiger partial charge in [-0.15, -0.1) is 0 Å². The Balaban J connectivity index is 2.31. The average Bonchev–Trinajstić information content (AvgIpc) is 2.42. The number of halogens is 1. The highest BCUT2D eigenvalue weighted by Gasteiger charge is 2.25. The van der Waals surface area contributed by atoms with Crippen molar-refractivity contribution >= 4 is 11.6 Å². The molecule has 1 aliphatic heterocycles. The molecule has 1 heterocycles. The number of nitrogens with zero attached hydrogens (tertiary/aromatic N) is 1. The van der Waals surface area contributed by atoms with Crippen LogP contribution in [0.25, 0.3) is 0 Å². The first-order valence-electron chi connectivity index (χ1n) is 6.54. The van der Waals surface area contributed by atoms with Crippen molar-refractivity contribution in [2.45, 2.75) is 25.3 Å². The van der Waals surface area contributed by atoms with Gasteiger partial charge in [0.2, 0.25) is 0 Å². The van der Waals surface area contributed by atoms with Gasteiger partial charge in [-0.25, -0.2) is 0 Å². The van der Waals surface area contributed by atoms with Gasteiger partial charge in [-0.1, -0.05) is 24.1 Å². The number of hydrogen-bond acceptors (Lipinski definition) is 3. The average molecular weight is 269 g/mol. The molecule has 1 saturated heterocycles. The zero-order valence-corrected chi connectivity index (χ0v) is 11.6. The Morgan fingerprint density at radius 3 is 2.67 bits per heavy atom. The van der Waals surface area contributed by atoms with E-state index in [0.717, 1.165) is 29.4 Å². The van der Waals surface area contributed by atoms with Crippen LogP contribution in [0.1, 0.15) is 30.9 Å². The van der Waals surface area contributed by atoms with E-state index in [0.29, 0.717) is 6.54 Å². The number of benzene rings is 1. The van der Waals surface area contributed by atoms with E-state index in [-0.39, 0.29) is 6.04 Å². The maximum atomic E-state index is 6.34. The summed E-state index contributed by atoms with van der Waals surface area (Å²) in [6.07, 6.45) is 3.79. The second kappa shape index (κ2) is 6.41. The molecule has 0 saturated carbocycles. The number of ether oxygens (including phenoxy) is 1. The fraction of sp³-hybridized carbons (Fsp3) is 0.571. The summed E-state index contributed by atoms with van der Waals surface area (Å²) in [7, 11) is 1.68. The van der Waals surface area contributed by atoms with Crippen LogP contribution in [0.4, 0.5) is 0 Å². The first-order chi connectivity index (χ1) is 8.77. The Kier molecular flexibility index (Phi) is 4.87.